The van der Waals surface area contributed by atoms with Gasteiger partial charge in [-0.3, -0.25) is 0 Å². The summed E-state index contributed by atoms with van der Waals surface area (Å²) >= 11 is 0. The van der Waals surface area contributed by atoms with Crippen LogP contribution in [0.4, 0.5) is 14.5 Å². The Morgan fingerprint density at radius 1 is 1.69 bits per heavy atom. The van der Waals surface area contributed by atoms with Gasteiger partial charge in [0.25, 0.3) is 6.43 Å². The van der Waals surface area contributed by atoms with E-state index in [1.165, 1.54) is 0 Å². The molecule has 0 saturated heterocycles. The van der Waals surface area contributed by atoms with Crippen molar-refractivity contribution in [3.05, 3.63) is 23.0 Å². The number of anilines is 1. The standard InChI is InChI=1S/C9H7F2N3O2/c1-16-9(15)4-2-5(13)6(3-12)14-7(4)8(10)11/h2,8H,13H2,1H3. The molecule has 1 heterocycles. The molecule has 0 atom stereocenters. The van der Waals surface area contributed by atoms with Crippen molar-refractivity contribution < 1.29 is 18.3 Å². The van der Waals surface area contributed by atoms with Crippen molar-refractivity contribution in [1.82, 2.24) is 4.98 Å². The highest BCUT2D eigenvalue weighted by Gasteiger charge is 2.23. The minimum absolute atomic E-state index is 0.146. The van der Waals surface area contributed by atoms with Crippen molar-refractivity contribution in [2.24, 2.45) is 0 Å². The molecule has 0 aliphatic carbocycles. The Labute approximate surface area is 89.4 Å². The van der Waals surface area contributed by atoms with Crippen LogP contribution in [0.1, 0.15) is 28.2 Å². The Morgan fingerprint density at radius 2 is 2.31 bits per heavy atom. The maximum Gasteiger partial charge on any atom is 0.340 e. The van der Waals surface area contributed by atoms with Gasteiger partial charge < -0.3 is 10.5 Å². The summed E-state index contributed by atoms with van der Waals surface area (Å²) in [4.78, 5) is 14.5. The van der Waals surface area contributed by atoms with Gasteiger partial charge in [-0.15, -0.1) is 0 Å². The van der Waals surface area contributed by atoms with E-state index < -0.39 is 23.7 Å². The number of hydrogen-bond acceptors (Lipinski definition) is 5. The Bertz CT molecular complexity index is 469. The lowest BCUT2D eigenvalue weighted by atomic mass is 10.1. The van der Waals surface area contributed by atoms with Crippen LogP contribution in [0.3, 0.4) is 0 Å². The number of nitrogens with zero attached hydrogens (tertiary/aromatic N) is 2. The maximum absolute atomic E-state index is 12.6. The van der Waals surface area contributed by atoms with Crippen LogP contribution >= 0.6 is 0 Å². The molecule has 0 fully saturated rings. The first kappa shape index (κ1) is 11.8. The van der Waals surface area contributed by atoms with Crippen molar-refractivity contribution in [3.8, 4) is 6.07 Å². The quantitative estimate of drug-likeness (QED) is 0.768. The molecule has 0 spiro atoms. The van der Waals surface area contributed by atoms with Crippen molar-refractivity contribution in [1.29, 1.82) is 5.26 Å². The van der Waals surface area contributed by atoms with E-state index in [2.05, 4.69) is 9.72 Å². The van der Waals surface area contributed by atoms with Gasteiger partial charge in [-0.2, -0.15) is 5.26 Å². The number of nitriles is 1. The molecule has 16 heavy (non-hydrogen) atoms. The molecule has 0 radical (unpaired) electrons. The first-order valence-electron chi connectivity index (χ1n) is 4.08. The zero-order valence-corrected chi connectivity index (χ0v) is 8.20. The minimum atomic E-state index is -2.98. The van der Waals surface area contributed by atoms with Gasteiger partial charge in [0.15, 0.2) is 5.69 Å². The smallest absolute Gasteiger partial charge is 0.340 e. The Balaban J connectivity index is 3.43. The third-order valence-corrected chi connectivity index (χ3v) is 1.80. The monoisotopic (exact) mass is 227 g/mol. The number of pyridine rings is 1. The number of ether oxygens (including phenoxy) is 1. The lowest BCUT2D eigenvalue weighted by Crippen LogP contribution is -2.11. The molecule has 2 N–H and O–H groups in total. The molecule has 0 unspecified atom stereocenters. The molecule has 0 aromatic carbocycles. The highest BCUT2D eigenvalue weighted by molar-refractivity contribution is 5.92. The number of carbonyl (C=O) groups excluding carboxylic acids is 1. The molecule has 7 heteroatoms. The molecular weight excluding hydrogens is 220 g/mol. The number of hydrogen-bond donors (Lipinski definition) is 1. The molecule has 0 aliphatic rings. The number of rotatable bonds is 2. The van der Waals surface area contributed by atoms with Gasteiger partial charge in [0, 0.05) is 0 Å². The zero-order valence-electron chi connectivity index (χ0n) is 8.20. The molecule has 0 bridgehead atoms. The molecule has 1 aromatic rings. The second kappa shape index (κ2) is 4.53. The summed E-state index contributed by atoms with van der Waals surface area (Å²) < 4.78 is 29.4. The predicted molar refractivity (Wildman–Crippen MR) is 49.7 cm³/mol. The Morgan fingerprint density at radius 3 is 2.75 bits per heavy atom. The van der Waals surface area contributed by atoms with Gasteiger partial charge >= 0.3 is 5.97 Å². The van der Waals surface area contributed by atoms with Crippen LogP contribution in [-0.4, -0.2) is 18.1 Å². The van der Waals surface area contributed by atoms with Gasteiger partial charge in [0.05, 0.1) is 18.4 Å². The van der Waals surface area contributed by atoms with Crippen LogP contribution in [0.25, 0.3) is 0 Å². The fraction of sp³-hybridized carbons (Fsp3) is 0.222. The van der Waals surface area contributed by atoms with Crippen LogP contribution in [-0.2, 0) is 4.74 Å². The number of halogens is 2. The van der Waals surface area contributed by atoms with E-state index in [1.54, 1.807) is 6.07 Å². The largest absolute Gasteiger partial charge is 0.465 e. The molecule has 1 rings (SSSR count). The Kier molecular flexibility index (Phi) is 3.35. The molecule has 0 saturated carbocycles. The van der Waals surface area contributed by atoms with E-state index in [0.717, 1.165) is 13.2 Å². The van der Waals surface area contributed by atoms with Gasteiger partial charge in [-0.05, 0) is 6.07 Å². The van der Waals surface area contributed by atoms with E-state index in [9.17, 15) is 13.6 Å². The molecule has 1 aromatic heterocycles. The lowest BCUT2D eigenvalue weighted by Gasteiger charge is -2.07. The second-order valence-electron chi connectivity index (χ2n) is 2.76. The first-order chi connectivity index (χ1) is 7.51. The van der Waals surface area contributed by atoms with Crippen molar-refractivity contribution in [3.63, 3.8) is 0 Å². The third kappa shape index (κ3) is 2.06. The topological polar surface area (TPSA) is 89.0 Å². The summed E-state index contributed by atoms with van der Waals surface area (Å²) in [5, 5.41) is 8.56. The first-order valence-corrected chi connectivity index (χ1v) is 4.08. The van der Waals surface area contributed by atoms with Crippen LogP contribution in [0.15, 0.2) is 6.07 Å². The number of nitrogen functional groups attached to an aromatic ring is 1. The molecule has 5 nitrogen and oxygen atoms in total. The molecular formula is C9H7F2N3O2. The van der Waals surface area contributed by atoms with E-state index in [4.69, 9.17) is 11.0 Å². The number of methoxy groups -OCH3 is 1. The summed E-state index contributed by atoms with van der Waals surface area (Å²) in [5.41, 5.74) is 3.62. The number of carbonyl (C=O) groups is 1. The van der Waals surface area contributed by atoms with Gasteiger partial charge in [0.2, 0.25) is 0 Å². The summed E-state index contributed by atoms with van der Waals surface area (Å²) in [6.45, 7) is 0. The number of esters is 1. The van der Waals surface area contributed by atoms with E-state index >= 15 is 0 Å². The summed E-state index contributed by atoms with van der Waals surface area (Å²) in [6, 6.07) is 2.51. The highest BCUT2D eigenvalue weighted by Crippen LogP contribution is 2.24. The SMILES string of the molecule is COC(=O)c1cc(N)c(C#N)nc1C(F)F. The summed E-state index contributed by atoms with van der Waals surface area (Å²) in [6.07, 6.45) is -2.98. The molecule has 84 valence electrons. The average Bonchev–Trinajstić information content (AvgIpc) is 2.27. The van der Waals surface area contributed by atoms with Gasteiger partial charge in [-0.25, -0.2) is 18.6 Å². The van der Waals surface area contributed by atoms with Crippen LogP contribution in [0.2, 0.25) is 0 Å². The highest BCUT2D eigenvalue weighted by atomic mass is 19.3. The molecule has 0 amide bonds. The summed E-state index contributed by atoms with van der Waals surface area (Å²) in [5.74, 6) is -0.973. The van der Waals surface area contributed by atoms with Crippen molar-refractivity contribution >= 4 is 11.7 Å². The normalized spacial score (nSPS) is 9.94. The predicted octanol–water partition coefficient (Wildman–Crippen LogP) is 1.26. The van der Waals surface area contributed by atoms with E-state index in [-0.39, 0.29) is 11.4 Å². The van der Waals surface area contributed by atoms with E-state index in [1.807, 2.05) is 0 Å². The summed E-state index contributed by atoms with van der Waals surface area (Å²) in [7, 11) is 1.05. The third-order valence-electron chi connectivity index (χ3n) is 1.80. The van der Waals surface area contributed by atoms with Gasteiger partial charge in [0.1, 0.15) is 11.8 Å². The number of nitrogens with two attached hydrogens (primary N) is 1. The zero-order chi connectivity index (χ0) is 12.3. The van der Waals surface area contributed by atoms with Gasteiger partial charge in [-0.1, -0.05) is 0 Å². The van der Waals surface area contributed by atoms with Crippen LogP contribution < -0.4 is 5.73 Å². The second-order valence-corrected chi connectivity index (χ2v) is 2.76. The molecule has 0 aliphatic heterocycles. The fourth-order valence-electron chi connectivity index (χ4n) is 1.07. The fourth-order valence-corrected chi connectivity index (χ4v) is 1.07. The van der Waals surface area contributed by atoms with Crippen molar-refractivity contribution in [2.45, 2.75) is 6.43 Å². The van der Waals surface area contributed by atoms with E-state index in [0.29, 0.717) is 0 Å². The van der Waals surface area contributed by atoms with Crippen molar-refractivity contribution in [2.75, 3.05) is 12.8 Å². The average molecular weight is 227 g/mol. The minimum Gasteiger partial charge on any atom is -0.465 e. The van der Waals surface area contributed by atoms with Crippen LogP contribution in [0.5, 0.6) is 0 Å². The maximum atomic E-state index is 12.6. The van der Waals surface area contributed by atoms with Crippen LogP contribution in [0, 0.1) is 11.3 Å². The lowest BCUT2D eigenvalue weighted by molar-refractivity contribution is 0.0587. The number of alkyl halides is 2. The Hall–Kier alpha value is -2.23. The number of aromatic nitrogens is 1.